The number of thioether (sulfide) groups is 1. The van der Waals surface area contributed by atoms with Crippen LogP contribution in [0, 0.1) is 0 Å². The summed E-state index contributed by atoms with van der Waals surface area (Å²) in [4.78, 5) is 9.36. The molecule has 2 rings (SSSR count). The summed E-state index contributed by atoms with van der Waals surface area (Å²) in [6.07, 6.45) is 2.03. The number of nitrogens with zero attached hydrogens (tertiary/aromatic N) is 2. The molecule has 0 aliphatic rings. The third-order valence-corrected chi connectivity index (χ3v) is 3.36. The maximum Gasteiger partial charge on any atom is 0.0824 e. The van der Waals surface area contributed by atoms with Crippen LogP contribution in [0.2, 0.25) is 0 Å². The number of benzene rings is 1. The Hall–Kier alpha value is -0.870. The van der Waals surface area contributed by atoms with Crippen molar-refractivity contribution >= 4 is 45.7 Å². The molecule has 2 nitrogen and oxygen atoms in total. The van der Waals surface area contributed by atoms with E-state index in [0.717, 1.165) is 16.1 Å². The van der Waals surface area contributed by atoms with Crippen molar-refractivity contribution in [3.05, 3.63) is 17.6 Å². The van der Waals surface area contributed by atoms with Gasteiger partial charge in [0.15, 0.2) is 0 Å². The first-order valence-electron chi connectivity index (χ1n) is 3.73. The highest BCUT2D eigenvalue weighted by molar-refractivity contribution is 7.98. The van der Waals surface area contributed by atoms with Crippen LogP contribution in [-0.4, -0.2) is 18.0 Å². The van der Waals surface area contributed by atoms with Gasteiger partial charge in [-0.05, 0) is 25.1 Å². The minimum Gasteiger partial charge on any atom is -0.263 e. The molecular weight excluding hydrogens is 200 g/mol. The number of rotatable bonds is 2. The lowest BCUT2D eigenvalue weighted by Crippen LogP contribution is -1.73. The molecule has 0 amide bonds. The normalized spacial score (nSPS) is 10.5. The molecule has 0 bridgehead atoms. The zero-order chi connectivity index (χ0) is 9.26. The summed E-state index contributed by atoms with van der Waals surface area (Å²) in [5.74, 6) is 0. The van der Waals surface area contributed by atoms with Gasteiger partial charge >= 0.3 is 0 Å². The van der Waals surface area contributed by atoms with Crippen LogP contribution in [0.1, 0.15) is 0 Å². The number of aliphatic imine (C=N–C) groups is 1. The number of hydrogen-bond acceptors (Lipinski definition) is 4. The van der Waals surface area contributed by atoms with E-state index in [2.05, 4.69) is 22.8 Å². The average molecular weight is 208 g/mol. The van der Waals surface area contributed by atoms with E-state index < -0.39 is 0 Å². The molecule has 0 spiro atoms. The van der Waals surface area contributed by atoms with Crippen LogP contribution < -0.4 is 0 Å². The van der Waals surface area contributed by atoms with Gasteiger partial charge in [0.1, 0.15) is 0 Å². The van der Waals surface area contributed by atoms with Gasteiger partial charge in [-0.2, -0.15) is 0 Å². The minimum atomic E-state index is 0.948. The molecule has 0 unspecified atom stereocenters. The molecule has 0 saturated carbocycles. The first-order chi connectivity index (χ1) is 6.35. The Kier molecular flexibility index (Phi) is 2.33. The molecule has 0 radical (unpaired) electrons. The predicted octanol–water partition coefficient (Wildman–Crippen LogP) is 3.35. The summed E-state index contributed by atoms with van der Waals surface area (Å²) in [6.45, 7) is 3.55. The second kappa shape index (κ2) is 3.47. The summed E-state index contributed by atoms with van der Waals surface area (Å²) in [7, 11) is 0. The van der Waals surface area contributed by atoms with Gasteiger partial charge in [0.2, 0.25) is 0 Å². The molecule has 1 aromatic carbocycles. The van der Waals surface area contributed by atoms with Crippen molar-refractivity contribution in [1.82, 2.24) is 4.98 Å². The summed E-state index contributed by atoms with van der Waals surface area (Å²) >= 11 is 3.30. The second-order valence-corrected chi connectivity index (χ2v) is 4.24. The molecule has 13 heavy (non-hydrogen) atoms. The average Bonchev–Trinajstić information content (AvgIpc) is 2.62. The molecular formula is C9H8N2S2. The summed E-state index contributed by atoms with van der Waals surface area (Å²) < 4.78 is 1.17. The fraction of sp³-hybridized carbons (Fsp3) is 0.111. The van der Waals surface area contributed by atoms with Crippen molar-refractivity contribution in [1.29, 1.82) is 0 Å². The maximum atomic E-state index is 4.25. The summed E-state index contributed by atoms with van der Waals surface area (Å²) in [6, 6.07) is 4.09. The van der Waals surface area contributed by atoms with Gasteiger partial charge in [-0.1, -0.05) is 0 Å². The van der Waals surface area contributed by atoms with Gasteiger partial charge in [0.05, 0.1) is 21.4 Å². The zero-order valence-corrected chi connectivity index (χ0v) is 8.78. The minimum absolute atomic E-state index is 0.948. The van der Waals surface area contributed by atoms with E-state index in [1.807, 2.05) is 17.8 Å². The van der Waals surface area contributed by atoms with Gasteiger partial charge in [0.25, 0.3) is 0 Å². The molecule has 0 fully saturated rings. The number of fused-ring (bicyclic) bond motifs is 1. The van der Waals surface area contributed by atoms with E-state index >= 15 is 0 Å². The topological polar surface area (TPSA) is 25.2 Å². The summed E-state index contributed by atoms with van der Waals surface area (Å²) in [5, 5.41) is 0. The smallest absolute Gasteiger partial charge is 0.0824 e. The van der Waals surface area contributed by atoms with Crippen molar-refractivity contribution in [3.63, 3.8) is 0 Å². The Morgan fingerprint density at radius 3 is 3.08 bits per heavy atom. The maximum absolute atomic E-state index is 4.25. The second-order valence-electron chi connectivity index (χ2n) is 2.50. The highest BCUT2D eigenvalue weighted by atomic mass is 32.2. The molecule has 0 aliphatic heterocycles. The van der Waals surface area contributed by atoms with Crippen molar-refractivity contribution in [2.45, 2.75) is 4.90 Å². The van der Waals surface area contributed by atoms with Crippen LogP contribution in [0.5, 0.6) is 0 Å². The fourth-order valence-electron chi connectivity index (χ4n) is 1.16. The third-order valence-electron chi connectivity index (χ3n) is 1.80. The molecule has 66 valence electrons. The zero-order valence-electron chi connectivity index (χ0n) is 7.15. The largest absolute Gasteiger partial charge is 0.263 e. The Balaban J connectivity index is 2.73. The lowest BCUT2D eigenvalue weighted by atomic mass is 10.3. The van der Waals surface area contributed by atoms with E-state index in [1.165, 1.54) is 4.70 Å². The van der Waals surface area contributed by atoms with Crippen molar-refractivity contribution in [2.24, 2.45) is 4.99 Å². The number of aromatic nitrogens is 1. The fourth-order valence-corrected chi connectivity index (χ4v) is 2.41. The quantitative estimate of drug-likeness (QED) is 0.558. The predicted molar refractivity (Wildman–Crippen MR) is 60.6 cm³/mol. The first-order valence-corrected chi connectivity index (χ1v) is 5.83. The van der Waals surface area contributed by atoms with Gasteiger partial charge in [0, 0.05) is 4.90 Å². The standard InChI is InChI=1S/C9H8N2S2/c1-10-6-3-9-7(11-5-13-9)4-8(6)12-2/h3-5H,1H2,2H3. The van der Waals surface area contributed by atoms with Crippen molar-refractivity contribution in [3.8, 4) is 0 Å². The van der Waals surface area contributed by atoms with E-state index in [9.17, 15) is 0 Å². The SMILES string of the molecule is C=Nc1cc2scnc2cc1SC. The molecule has 0 saturated heterocycles. The molecule has 1 heterocycles. The lowest BCUT2D eigenvalue weighted by molar-refractivity contribution is 1.39. The van der Waals surface area contributed by atoms with Crippen LogP contribution in [0.25, 0.3) is 10.2 Å². The van der Waals surface area contributed by atoms with Crippen LogP contribution in [-0.2, 0) is 0 Å². The van der Waals surface area contributed by atoms with E-state index in [4.69, 9.17) is 0 Å². The highest BCUT2D eigenvalue weighted by Crippen LogP contribution is 2.33. The Bertz CT molecular complexity index is 448. The van der Waals surface area contributed by atoms with E-state index in [-0.39, 0.29) is 0 Å². The van der Waals surface area contributed by atoms with E-state index in [1.54, 1.807) is 23.1 Å². The first kappa shape index (κ1) is 8.72. The Morgan fingerprint density at radius 2 is 2.38 bits per heavy atom. The van der Waals surface area contributed by atoms with Crippen molar-refractivity contribution in [2.75, 3.05) is 6.26 Å². The molecule has 0 aliphatic carbocycles. The van der Waals surface area contributed by atoms with Gasteiger partial charge < -0.3 is 0 Å². The third kappa shape index (κ3) is 1.47. The molecule has 2 aromatic rings. The Morgan fingerprint density at radius 1 is 1.54 bits per heavy atom. The molecule has 1 aromatic heterocycles. The Labute approximate surface area is 84.7 Å². The van der Waals surface area contributed by atoms with Crippen LogP contribution in [0.15, 0.2) is 27.5 Å². The number of hydrogen-bond donors (Lipinski definition) is 0. The van der Waals surface area contributed by atoms with Gasteiger partial charge in [-0.3, -0.25) is 4.99 Å². The van der Waals surface area contributed by atoms with Crippen LogP contribution in [0.3, 0.4) is 0 Å². The van der Waals surface area contributed by atoms with Crippen LogP contribution in [0.4, 0.5) is 5.69 Å². The van der Waals surface area contributed by atoms with Gasteiger partial charge in [-0.25, -0.2) is 4.98 Å². The molecule has 0 N–H and O–H groups in total. The van der Waals surface area contributed by atoms with E-state index in [0.29, 0.717) is 0 Å². The highest BCUT2D eigenvalue weighted by Gasteiger charge is 2.03. The monoisotopic (exact) mass is 208 g/mol. The van der Waals surface area contributed by atoms with Crippen molar-refractivity contribution < 1.29 is 0 Å². The lowest BCUT2D eigenvalue weighted by Gasteiger charge is -2.00. The molecule has 4 heteroatoms. The summed E-state index contributed by atoms with van der Waals surface area (Å²) in [5.41, 5.74) is 3.84. The van der Waals surface area contributed by atoms with Crippen LogP contribution >= 0.6 is 23.1 Å². The number of thiazole rings is 1. The van der Waals surface area contributed by atoms with Gasteiger partial charge in [-0.15, -0.1) is 23.1 Å². The molecule has 0 atom stereocenters.